The molecule has 4 heteroatoms. The number of furan rings is 1. The molecule has 0 aliphatic heterocycles. The summed E-state index contributed by atoms with van der Waals surface area (Å²) in [5.41, 5.74) is 2.54. The lowest BCUT2D eigenvalue weighted by Gasteiger charge is -2.18. The molecule has 4 nitrogen and oxygen atoms in total. The molecule has 114 valence electrons. The SMILES string of the molecule is CCNCc1cc(CN(CC)Cc2ccncc2)oc1C. The van der Waals surface area contributed by atoms with Crippen molar-refractivity contribution in [3.63, 3.8) is 0 Å². The van der Waals surface area contributed by atoms with Gasteiger partial charge >= 0.3 is 0 Å². The molecule has 0 bridgehead atoms. The molecule has 0 unspecified atom stereocenters. The zero-order valence-electron chi connectivity index (χ0n) is 13.2. The quantitative estimate of drug-likeness (QED) is 0.810. The third kappa shape index (κ3) is 4.69. The van der Waals surface area contributed by atoms with Gasteiger partial charge in [-0.25, -0.2) is 0 Å². The largest absolute Gasteiger partial charge is 0.465 e. The maximum absolute atomic E-state index is 5.89. The Morgan fingerprint density at radius 3 is 2.62 bits per heavy atom. The fourth-order valence-electron chi connectivity index (χ4n) is 2.35. The van der Waals surface area contributed by atoms with E-state index in [9.17, 15) is 0 Å². The molecule has 0 spiro atoms. The van der Waals surface area contributed by atoms with Crippen molar-refractivity contribution in [2.24, 2.45) is 0 Å². The van der Waals surface area contributed by atoms with Crippen molar-refractivity contribution in [2.45, 2.75) is 40.4 Å². The van der Waals surface area contributed by atoms with Gasteiger partial charge in [-0.05, 0) is 43.8 Å². The molecule has 0 amide bonds. The summed E-state index contributed by atoms with van der Waals surface area (Å²) >= 11 is 0. The van der Waals surface area contributed by atoms with Gasteiger partial charge in [0.15, 0.2) is 0 Å². The van der Waals surface area contributed by atoms with E-state index in [2.05, 4.69) is 47.2 Å². The van der Waals surface area contributed by atoms with E-state index in [-0.39, 0.29) is 0 Å². The topological polar surface area (TPSA) is 41.3 Å². The van der Waals surface area contributed by atoms with Crippen molar-refractivity contribution in [3.8, 4) is 0 Å². The minimum Gasteiger partial charge on any atom is -0.465 e. The van der Waals surface area contributed by atoms with Crippen LogP contribution in [-0.2, 0) is 19.6 Å². The number of hydrogen-bond donors (Lipinski definition) is 1. The van der Waals surface area contributed by atoms with Gasteiger partial charge in [-0.3, -0.25) is 9.88 Å². The molecule has 0 aliphatic carbocycles. The summed E-state index contributed by atoms with van der Waals surface area (Å²) < 4.78 is 5.89. The molecule has 0 aromatic carbocycles. The molecular weight excluding hydrogens is 262 g/mol. The zero-order chi connectivity index (χ0) is 15.1. The minimum absolute atomic E-state index is 0.839. The first kappa shape index (κ1) is 15.7. The van der Waals surface area contributed by atoms with Crippen molar-refractivity contribution in [1.82, 2.24) is 15.2 Å². The molecule has 0 atom stereocenters. The van der Waals surface area contributed by atoms with Crippen LogP contribution in [0.2, 0.25) is 0 Å². The molecule has 0 radical (unpaired) electrons. The molecule has 2 rings (SSSR count). The van der Waals surface area contributed by atoms with Crippen LogP contribution in [0.15, 0.2) is 35.0 Å². The van der Waals surface area contributed by atoms with Crippen molar-refractivity contribution >= 4 is 0 Å². The first-order valence-electron chi connectivity index (χ1n) is 7.63. The highest BCUT2D eigenvalue weighted by atomic mass is 16.3. The Kier molecular flexibility index (Phi) is 5.96. The summed E-state index contributed by atoms with van der Waals surface area (Å²) in [6, 6.07) is 6.30. The molecule has 2 heterocycles. The Morgan fingerprint density at radius 1 is 1.19 bits per heavy atom. The molecule has 2 aromatic rings. The number of pyridine rings is 1. The summed E-state index contributed by atoms with van der Waals surface area (Å²) in [5.74, 6) is 2.06. The van der Waals surface area contributed by atoms with Crippen LogP contribution in [0.3, 0.4) is 0 Å². The van der Waals surface area contributed by atoms with Crippen LogP contribution in [0, 0.1) is 6.92 Å². The van der Waals surface area contributed by atoms with E-state index in [1.54, 1.807) is 0 Å². The van der Waals surface area contributed by atoms with E-state index in [1.807, 2.05) is 19.3 Å². The third-order valence-electron chi connectivity index (χ3n) is 3.62. The Morgan fingerprint density at radius 2 is 1.95 bits per heavy atom. The third-order valence-corrected chi connectivity index (χ3v) is 3.62. The van der Waals surface area contributed by atoms with E-state index in [0.29, 0.717) is 0 Å². The zero-order valence-corrected chi connectivity index (χ0v) is 13.2. The van der Waals surface area contributed by atoms with E-state index >= 15 is 0 Å². The van der Waals surface area contributed by atoms with Gasteiger partial charge in [0.25, 0.3) is 0 Å². The average molecular weight is 287 g/mol. The van der Waals surface area contributed by atoms with E-state index in [4.69, 9.17) is 4.42 Å². The second kappa shape index (κ2) is 7.96. The van der Waals surface area contributed by atoms with Gasteiger partial charge in [0.05, 0.1) is 6.54 Å². The Hall–Kier alpha value is -1.65. The fourth-order valence-corrected chi connectivity index (χ4v) is 2.35. The summed E-state index contributed by atoms with van der Waals surface area (Å²) in [4.78, 5) is 6.43. The molecule has 1 N–H and O–H groups in total. The number of aromatic nitrogens is 1. The Labute approximate surface area is 127 Å². The van der Waals surface area contributed by atoms with Gasteiger partial charge in [0.2, 0.25) is 0 Å². The van der Waals surface area contributed by atoms with E-state index < -0.39 is 0 Å². The number of nitrogens with one attached hydrogen (secondary N) is 1. The molecule has 0 saturated carbocycles. The summed E-state index contributed by atoms with van der Waals surface area (Å²) in [6.07, 6.45) is 3.68. The van der Waals surface area contributed by atoms with E-state index in [1.165, 1.54) is 11.1 Å². The first-order chi connectivity index (χ1) is 10.2. The monoisotopic (exact) mass is 287 g/mol. The smallest absolute Gasteiger partial charge is 0.118 e. The number of nitrogens with zero attached hydrogens (tertiary/aromatic N) is 2. The van der Waals surface area contributed by atoms with Gasteiger partial charge in [-0.1, -0.05) is 13.8 Å². The highest BCUT2D eigenvalue weighted by molar-refractivity contribution is 5.21. The summed E-state index contributed by atoms with van der Waals surface area (Å²) in [6.45, 7) is 10.9. The number of aryl methyl sites for hydroxylation is 1. The van der Waals surface area contributed by atoms with Crippen LogP contribution in [-0.4, -0.2) is 23.0 Å². The molecule has 0 saturated heterocycles. The first-order valence-corrected chi connectivity index (χ1v) is 7.63. The van der Waals surface area contributed by atoms with Gasteiger partial charge in [-0.15, -0.1) is 0 Å². The molecule has 2 aromatic heterocycles. The predicted molar refractivity (Wildman–Crippen MR) is 84.9 cm³/mol. The standard InChI is InChI=1S/C17H25N3O/c1-4-18-11-16-10-17(21-14(16)3)13-20(5-2)12-15-6-8-19-9-7-15/h6-10,18H,4-5,11-13H2,1-3H3. The normalized spacial score (nSPS) is 11.2. The van der Waals surface area contributed by atoms with Crippen molar-refractivity contribution in [2.75, 3.05) is 13.1 Å². The minimum atomic E-state index is 0.839. The van der Waals surface area contributed by atoms with Crippen LogP contribution in [0.5, 0.6) is 0 Å². The molecule has 0 aliphatic rings. The highest BCUT2D eigenvalue weighted by Gasteiger charge is 2.11. The maximum Gasteiger partial charge on any atom is 0.118 e. The van der Waals surface area contributed by atoms with Crippen molar-refractivity contribution < 1.29 is 4.42 Å². The summed E-state index contributed by atoms with van der Waals surface area (Å²) in [7, 11) is 0. The van der Waals surface area contributed by atoms with Gasteiger partial charge in [0, 0.05) is 31.0 Å². The lowest BCUT2D eigenvalue weighted by Crippen LogP contribution is -2.22. The van der Waals surface area contributed by atoms with Crippen LogP contribution >= 0.6 is 0 Å². The second-order valence-corrected chi connectivity index (χ2v) is 5.23. The molecule has 21 heavy (non-hydrogen) atoms. The lowest BCUT2D eigenvalue weighted by molar-refractivity contribution is 0.246. The van der Waals surface area contributed by atoms with Crippen molar-refractivity contribution in [1.29, 1.82) is 0 Å². The Bertz CT molecular complexity index is 536. The molecular formula is C17H25N3O. The number of hydrogen-bond acceptors (Lipinski definition) is 4. The maximum atomic E-state index is 5.89. The average Bonchev–Trinajstić information content (AvgIpc) is 2.85. The van der Waals surface area contributed by atoms with E-state index in [0.717, 1.165) is 44.2 Å². The fraction of sp³-hybridized carbons (Fsp3) is 0.471. The van der Waals surface area contributed by atoms with Crippen LogP contribution in [0.25, 0.3) is 0 Å². The van der Waals surface area contributed by atoms with Gasteiger partial charge in [0.1, 0.15) is 11.5 Å². The molecule has 0 fully saturated rings. The van der Waals surface area contributed by atoms with Crippen LogP contribution in [0.1, 0.15) is 36.5 Å². The lowest BCUT2D eigenvalue weighted by atomic mass is 10.2. The summed E-state index contributed by atoms with van der Waals surface area (Å²) in [5, 5.41) is 3.35. The van der Waals surface area contributed by atoms with Gasteiger partial charge < -0.3 is 9.73 Å². The van der Waals surface area contributed by atoms with Crippen LogP contribution in [0.4, 0.5) is 0 Å². The Balaban J connectivity index is 1.98. The van der Waals surface area contributed by atoms with Crippen LogP contribution < -0.4 is 5.32 Å². The predicted octanol–water partition coefficient (Wildman–Crippen LogP) is 3.11. The second-order valence-electron chi connectivity index (χ2n) is 5.23. The van der Waals surface area contributed by atoms with Gasteiger partial charge in [-0.2, -0.15) is 0 Å². The highest BCUT2D eigenvalue weighted by Crippen LogP contribution is 2.17. The number of rotatable bonds is 8. The van der Waals surface area contributed by atoms with Crippen molar-refractivity contribution in [3.05, 3.63) is 53.2 Å².